The molecular formula is C19H19FN4O2. The van der Waals surface area contributed by atoms with Crippen molar-refractivity contribution in [2.45, 2.75) is 20.4 Å². The minimum atomic E-state index is -0.380. The highest BCUT2D eigenvalue weighted by Gasteiger charge is 2.14. The van der Waals surface area contributed by atoms with E-state index in [0.717, 1.165) is 0 Å². The van der Waals surface area contributed by atoms with E-state index in [1.165, 1.54) is 6.07 Å². The number of carbonyl (C=O) groups is 1. The number of amides is 1. The lowest BCUT2D eigenvalue weighted by molar-refractivity contribution is 0.0946. The smallest absolute Gasteiger partial charge is 0.257 e. The number of aryl methyl sites for hydroxylation is 1. The Bertz CT molecular complexity index is 923. The second kappa shape index (κ2) is 7.77. The van der Waals surface area contributed by atoms with Gasteiger partial charge in [0.25, 0.3) is 5.91 Å². The van der Waals surface area contributed by atoms with Gasteiger partial charge in [0.15, 0.2) is 0 Å². The molecule has 0 aliphatic rings. The Morgan fingerprint density at radius 2 is 2.12 bits per heavy atom. The molecule has 0 unspecified atom stereocenters. The summed E-state index contributed by atoms with van der Waals surface area (Å²) in [4.78, 5) is 20.5. The zero-order valence-electron chi connectivity index (χ0n) is 14.6. The summed E-state index contributed by atoms with van der Waals surface area (Å²) in [7, 11) is 0. The number of ether oxygens (including phenoxy) is 1. The molecule has 6 nitrogen and oxygen atoms in total. The molecule has 0 radical (unpaired) electrons. The Morgan fingerprint density at radius 1 is 1.27 bits per heavy atom. The third-order valence-electron chi connectivity index (χ3n) is 3.85. The first-order valence-electron chi connectivity index (χ1n) is 8.25. The van der Waals surface area contributed by atoms with Crippen LogP contribution < -0.4 is 10.1 Å². The van der Waals surface area contributed by atoms with Crippen LogP contribution in [-0.2, 0) is 6.54 Å². The Morgan fingerprint density at radius 3 is 2.81 bits per heavy atom. The van der Waals surface area contributed by atoms with Gasteiger partial charge < -0.3 is 14.6 Å². The predicted molar refractivity (Wildman–Crippen MR) is 94.8 cm³/mol. The maximum absolute atomic E-state index is 14.4. The van der Waals surface area contributed by atoms with Gasteiger partial charge in [-0.15, -0.1) is 0 Å². The first-order valence-corrected chi connectivity index (χ1v) is 8.25. The molecule has 1 aromatic carbocycles. The molecule has 3 rings (SSSR count). The summed E-state index contributed by atoms with van der Waals surface area (Å²) < 4.78 is 21.4. The predicted octanol–water partition coefficient (Wildman–Crippen LogP) is 3.04. The van der Waals surface area contributed by atoms with Crippen LogP contribution in [-0.4, -0.2) is 27.0 Å². The van der Waals surface area contributed by atoms with Gasteiger partial charge in [-0.25, -0.2) is 14.4 Å². The Kier molecular flexibility index (Phi) is 5.26. The van der Waals surface area contributed by atoms with Gasteiger partial charge in [-0.3, -0.25) is 4.79 Å². The number of hydrogen-bond acceptors (Lipinski definition) is 4. The second-order valence-electron chi connectivity index (χ2n) is 5.60. The molecule has 0 bridgehead atoms. The van der Waals surface area contributed by atoms with Gasteiger partial charge in [0, 0.05) is 25.1 Å². The van der Waals surface area contributed by atoms with Crippen molar-refractivity contribution < 1.29 is 13.9 Å². The fourth-order valence-corrected chi connectivity index (χ4v) is 2.58. The first-order chi connectivity index (χ1) is 12.6. The highest BCUT2D eigenvalue weighted by atomic mass is 19.1. The van der Waals surface area contributed by atoms with E-state index in [1.54, 1.807) is 54.3 Å². The number of nitrogens with zero attached hydrogens (tertiary/aromatic N) is 3. The van der Waals surface area contributed by atoms with Crippen molar-refractivity contribution in [3.05, 3.63) is 71.7 Å². The lowest BCUT2D eigenvalue weighted by atomic mass is 10.1. The molecule has 3 aromatic rings. The minimum Gasteiger partial charge on any atom is -0.477 e. The number of halogens is 1. The number of rotatable bonds is 6. The molecule has 2 heterocycles. The van der Waals surface area contributed by atoms with Gasteiger partial charge >= 0.3 is 0 Å². The summed E-state index contributed by atoms with van der Waals surface area (Å²) in [5.41, 5.74) is 1.42. The topological polar surface area (TPSA) is 69.0 Å². The Balaban J connectivity index is 1.71. The highest BCUT2D eigenvalue weighted by molar-refractivity contribution is 5.96. The van der Waals surface area contributed by atoms with E-state index in [0.29, 0.717) is 29.2 Å². The van der Waals surface area contributed by atoms with E-state index in [-0.39, 0.29) is 24.1 Å². The first kappa shape index (κ1) is 17.6. The monoisotopic (exact) mass is 354 g/mol. The van der Waals surface area contributed by atoms with Gasteiger partial charge in [-0.2, -0.15) is 0 Å². The summed E-state index contributed by atoms with van der Waals surface area (Å²) in [6.07, 6.45) is 4.88. The summed E-state index contributed by atoms with van der Waals surface area (Å²) in [5, 5.41) is 2.76. The number of imidazole rings is 1. The van der Waals surface area contributed by atoms with Crippen LogP contribution in [0.2, 0.25) is 0 Å². The molecule has 0 aliphatic heterocycles. The van der Waals surface area contributed by atoms with E-state index in [1.807, 2.05) is 6.92 Å². The fourth-order valence-electron chi connectivity index (χ4n) is 2.58. The van der Waals surface area contributed by atoms with E-state index in [9.17, 15) is 9.18 Å². The van der Waals surface area contributed by atoms with Crippen LogP contribution in [0.5, 0.6) is 5.88 Å². The average Bonchev–Trinajstić information content (AvgIpc) is 3.06. The molecule has 0 spiro atoms. The molecule has 134 valence electrons. The summed E-state index contributed by atoms with van der Waals surface area (Å²) in [5.74, 6) is 0.278. The average molecular weight is 354 g/mol. The van der Waals surface area contributed by atoms with Crippen LogP contribution in [0.15, 0.2) is 48.9 Å². The quantitative estimate of drug-likeness (QED) is 0.739. The van der Waals surface area contributed by atoms with Crippen molar-refractivity contribution in [1.82, 2.24) is 19.9 Å². The van der Waals surface area contributed by atoms with Crippen LogP contribution in [0, 0.1) is 12.7 Å². The van der Waals surface area contributed by atoms with E-state index < -0.39 is 0 Å². The molecular weight excluding hydrogens is 335 g/mol. The van der Waals surface area contributed by atoms with Crippen molar-refractivity contribution in [2.24, 2.45) is 0 Å². The molecule has 1 amide bonds. The second-order valence-corrected chi connectivity index (χ2v) is 5.60. The summed E-state index contributed by atoms with van der Waals surface area (Å²) in [6.45, 7) is 4.23. The third kappa shape index (κ3) is 3.72. The highest BCUT2D eigenvalue weighted by Crippen LogP contribution is 2.18. The number of benzene rings is 1. The van der Waals surface area contributed by atoms with Crippen molar-refractivity contribution >= 4 is 5.91 Å². The van der Waals surface area contributed by atoms with Crippen molar-refractivity contribution in [3.63, 3.8) is 0 Å². The minimum absolute atomic E-state index is 0.194. The molecule has 0 fully saturated rings. The fraction of sp³-hybridized carbons (Fsp3) is 0.211. The van der Waals surface area contributed by atoms with Crippen molar-refractivity contribution in [1.29, 1.82) is 0 Å². The lowest BCUT2D eigenvalue weighted by Gasteiger charge is -2.11. The SMILES string of the molecule is CCOc1ncccc1C(=O)NCc1ccc(-n2ccnc2C)c(F)c1. The number of nitrogens with one attached hydrogen (secondary N) is 1. The van der Waals surface area contributed by atoms with Crippen LogP contribution in [0.1, 0.15) is 28.7 Å². The molecule has 0 aliphatic carbocycles. The van der Waals surface area contributed by atoms with Crippen LogP contribution in [0.25, 0.3) is 5.69 Å². The van der Waals surface area contributed by atoms with Crippen LogP contribution in [0.4, 0.5) is 4.39 Å². The number of hydrogen-bond donors (Lipinski definition) is 1. The number of pyridine rings is 1. The summed E-state index contributed by atoms with van der Waals surface area (Å²) >= 11 is 0. The van der Waals surface area contributed by atoms with E-state index in [4.69, 9.17) is 4.74 Å². The molecule has 0 saturated heterocycles. The summed E-state index contributed by atoms with van der Waals surface area (Å²) in [6, 6.07) is 8.14. The lowest BCUT2D eigenvalue weighted by Crippen LogP contribution is -2.24. The Hall–Kier alpha value is -3.22. The van der Waals surface area contributed by atoms with Crippen LogP contribution in [0.3, 0.4) is 0 Å². The standard InChI is InChI=1S/C19H19FN4O2/c1-3-26-19-15(5-4-8-22-19)18(25)23-12-14-6-7-17(16(20)11-14)24-10-9-21-13(24)2/h4-11H,3,12H2,1-2H3,(H,23,25). The Labute approximate surface area is 150 Å². The van der Waals surface area contributed by atoms with Gasteiger partial charge in [-0.1, -0.05) is 6.07 Å². The third-order valence-corrected chi connectivity index (χ3v) is 3.85. The van der Waals surface area contributed by atoms with Gasteiger partial charge in [0.1, 0.15) is 17.2 Å². The number of aromatic nitrogens is 3. The zero-order chi connectivity index (χ0) is 18.5. The largest absolute Gasteiger partial charge is 0.477 e. The molecule has 0 saturated carbocycles. The maximum Gasteiger partial charge on any atom is 0.257 e. The van der Waals surface area contributed by atoms with Crippen molar-refractivity contribution in [2.75, 3.05) is 6.61 Å². The van der Waals surface area contributed by atoms with Gasteiger partial charge in [-0.05, 0) is 43.7 Å². The molecule has 1 N–H and O–H groups in total. The molecule has 2 aromatic heterocycles. The van der Waals surface area contributed by atoms with E-state index >= 15 is 0 Å². The number of carbonyl (C=O) groups excluding carboxylic acids is 1. The zero-order valence-corrected chi connectivity index (χ0v) is 14.6. The van der Waals surface area contributed by atoms with Crippen molar-refractivity contribution in [3.8, 4) is 11.6 Å². The molecule has 26 heavy (non-hydrogen) atoms. The van der Waals surface area contributed by atoms with E-state index in [2.05, 4.69) is 15.3 Å². The van der Waals surface area contributed by atoms with Gasteiger partial charge in [0.05, 0.1) is 12.3 Å². The van der Waals surface area contributed by atoms with Crippen LogP contribution >= 0.6 is 0 Å². The molecule has 0 atom stereocenters. The van der Waals surface area contributed by atoms with Gasteiger partial charge in [0.2, 0.25) is 5.88 Å². The maximum atomic E-state index is 14.4. The molecule has 7 heteroatoms. The normalized spacial score (nSPS) is 10.6.